The molecule has 9 nitrogen and oxygen atoms in total. The number of benzene rings is 2. The first-order chi connectivity index (χ1) is 24.8. The van der Waals surface area contributed by atoms with Crippen molar-refractivity contribution in [1.82, 2.24) is 5.32 Å². The first-order valence-electron chi connectivity index (χ1n) is 17.6. The molecule has 0 radical (unpaired) electrons. The number of amides is 1. The van der Waals surface area contributed by atoms with Crippen LogP contribution in [0.1, 0.15) is 95.6 Å². The second kappa shape index (κ2) is 20.5. The van der Waals surface area contributed by atoms with E-state index < -0.39 is 81.0 Å². The zero-order valence-corrected chi connectivity index (χ0v) is 31.3. The van der Waals surface area contributed by atoms with E-state index in [1.807, 2.05) is 5.32 Å². The van der Waals surface area contributed by atoms with Gasteiger partial charge in [0.1, 0.15) is 6.10 Å². The second-order valence-electron chi connectivity index (χ2n) is 13.4. The highest BCUT2D eigenvalue weighted by Gasteiger charge is 2.65. The third-order valence-electron chi connectivity index (χ3n) is 9.06. The van der Waals surface area contributed by atoms with Crippen LogP contribution in [0.4, 0.5) is 26.3 Å². The molecule has 2 unspecified atom stereocenters. The Kier molecular flexibility index (Phi) is 17.7. The lowest BCUT2D eigenvalue weighted by Gasteiger charge is -2.37. The summed E-state index contributed by atoms with van der Waals surface area (Å²) in [5, 5.41) is 1.89. The lowest BCUT2D eigenvalue weighted by Crippen LogP contribution is -2.61. The summed E-state index contributed by atoms with van der Waals surface area (Å²) in [5.41, 5.74) is -8.88. The van der Waals surface area contributed by atoms with Crippen molar-refractivity contribution >= 4 is 22.0 Å². The van der Waals surface area contributed by atoms with Crippen molar-refractivity contribution < 1.29 is 63.1 Å². The summed E-state index contributed by atoms with van der Waals surface area (Å²) in [4.78, 5) is 27.3. The van der Waals surface area contributed by atoms with Gasteiger partial charge in [-0.05, 0) is 18.8 Å². The summed E-state index contributed by atoms with van der Waals surface area (Å²) >= 11 is 0. The molecule has 53 heavy (non-hydrogen) atoms. The molecule has 1 amide bonds. The number of halogens is 6. The van der Waals surface area contributed by atoms with Gasteiger partial charge in [0.15, 0.2) is 0 Å². The van der Waals surface area contributed by atoms with Gasteiger partial charge in [-0.25, -0.2) is 4.79 Å². The van der Waals surface area contributed by atoms with Gasteiger partial charge in [-0.15, -0.1) is 0 Å². The minimum atomic E-state index is -5.45. The minimum Gasteiger partial charge on any atom is -0.457 e. The lowest BCUT2D eigenvalue weighted by molar-refractivity contribution is -0.279. The highest BCUT2D eigenvalue weighted by molar-refractivity contribution is 7.85. The molecule has 2 N–H and O–H groups in total. The van der Waals surface area contributed by atoms with Crippen LogP contribution in [0.5, 0.6) is 0 Å². The maximum Gasteiger partial charge on any atom is 0.432 e. The molecule has 16 heteroatoms. The maximum atomic E-state index is 14.8. The van der Waals surface area contributed by atoms with Gasteiger partial charge in [-0.2, -0.15) is 34.8 Å². The molecule has 0 fully saturated rings. The van der Waals surface area contributed by atoms with Gasteiger partial charge in [0, 0.05) is 25.3 Å². The molecule has 4 atom stereocenters. The van der Waals surface area contributed by atoms with Crippen LogP contribution in [-0.4, -0.2) is 69.3 Å². The largest absolute Gasteiger partial charge is 0.457 e. The molecule has 0 aromatic heterocycles. The van der Waals surface area contributed by atoms with E-state index in [0.717, 1.165) is 69.2 Å². The Bertz CT molecular complexity index is 1510. The number of methoxy groups -OCH3 is 2. The van der Waals surface area contributed by atoms with E-state index in [9.17, 15) is 48.9 Å². The predicted molar refractivity (Wildman–Crippen MR) is 186 cm³/mol. The molecule has 300 valence electrons. The molecule has 0 aliphatic heterocycles. The summed E-state index contributed by atoms with van der Waals surface area (Å²) in [6.45, 7) is 4.33. The number of nitrogens with one attached hydrogen (secondary N) is 1. The average molecular weight is 784 g/mol. The SMILES string of the molecule is CO[C@](C(=O)NC(CS(=O)(=O)O)C(CCCCCCCCCCCC(C)C)OC(=O)[C@@](OC)(c1ccccc1)C(F)(F)F)(c1ccccc1)C(F)(F)F. The molecule has 0 aliphatic carbocycles. The normalized spacial score (nSPS) is 16.0. The van der Waals surface area contributed by atoms with Gasteiger partial charge in [-0.3, -0.25) is 9.35 Å². The van der Waals surface area contributed by atoms with E-state index in [1.54, 1.807) is 0 Å². The van der Waals surface area contributed by atoms with Gasteiger partial charge >= 0.3 is 18.3 Å². The van der Waals surface area contributed by atoms with Crippen LogP contribution in [-0.2, 0) is 45.1 Å². The smallest absolute Gasteiger partial charge is 0.432 e. The standard InChI is InChI=1S/C37H51F6NO8S/c1-27(2)20-14-10-8-6-5-7-9-11-19-25-31(52-33(46)35(51-4,37(41,42)43)29-23-17-13-18-24-29)30(26-53(47,48)49)44-32(45)34(50-3,36(38,39)40)28-21-15-12-16-22-28/h12-13,15-18,21-24,27,30-31H,5-11,14,19-20,25-26H2,1-4H3,(H,44,45)(H,47,48,49)/t30?,31?,34-,35-/m0/s1. The van der Waals surface area contributed by atoms with Crippen LogP contribution in [0.2, 0.25) is 0 Å². The van der Waals surface area contributed by atoms with E-state index >= 15 is 0 Å². The van der Waals surface area contributed by atoms with E-state index in [2.05, 4.69) is 13.8 Å². The molecule has 2 rings (SSSR count). The van der Waals surface area contributed by atoms with Crippen molar-refractivity contribution in [2.24, 2.45) is 5.92 Å². The van der Waals surface area contributed by atoms with Gasteiger partial charge in [0.2, 0.25) is 0 Å². The van der Waals surface area contributed by atoms with Crippen LogP contribution in [0.25, 0.3) is 0 Å². The number of ether oxygens (including phenoxy) is 3. The van der Waals surface area contributed by atoms with Crippen molar-refractivity contribution in [3.05, 3.63) is 71.8 Å². The third-order valence-corrected chi connectivity index (χ3v) is 9.84. The predicted octanol–water partition coefficient (Wildman–Crippen LogP) is 8.43. The Labute approximate surface area is 307 Å². The van der Waals surface area contributed by atoms with Crippen LogP contribution < -0.4 is 5.32 Å². The molecule has 0 bridgehead atoms. The molecule has 0 spiro atoms. The molecule has 2 aromatic carbocycles. The number of hydrogen-bond acceptors (Lipinski definition) is 7. The molecular formula is C37H51F6NO8S. The Morgan fingerprint density at radius 1 is 0.679 bits per heavy atom. The summed E-state index contributed by atoms with van der Waals surface area (Å²) in [5.74, 6) is -4.90. The fraction of sp³-hybridized carbons (Fsp3) is 0.622. The number of esters is 1. The number of alkyl halides is 6. The minimum absolute atomic E-state index is 0.106. The summed E-state index contributed by atoms with van der Waals surface area (Å²) in [6, 6.07) is 9.16. The number of hydrogen-bond donors (Lipinski definition) is 2. The zero-order chi connectivity index (χ0) is 39.9. The third kappa shape index (κ3) is 12.7. The first kappa shape index (κ1) is 45.9. The highest BCUT2D eigenvalue weighted by atomic mass is 32.2. The monoisotopic (exact) mass is 783 g/mol. The summed E-state index contributed by atoms with van der Waals surface area (Å²) in [6.07, 6.45) is -4.94. The number of carbonyl (C=O) groups is 2. The molecule has 0 saturated carbocycles. The second-order valence-corrected chi connectivity index (χ2v) is 14.9. The fourth-order valence-electron chi connectivity index (χ4n) is 6.25. The molecule has 0 aliphatic rings. The molecule has 0 saturated heterocycles. The van der Waals surface area contributed by atoms with Crippen molar-refractivity contribution in [2.75, 3.05) is 20.0 Å². The van der Waals surface area contributed by atoms with Crippen LogP contribution in [0.3, 0.4) is 0 Å². The van der Waals surface area contributed by atoms with Crippen LogP contribution >= 0.6 is 0 Å². The molecule has 0 heterocycles. The summed E-state index contributed by atoms with van der Waals surface area (Å²) in [7, 11) is -3.96. The van der Waals surface area contributed by atoms with Crippen molar-refractivity contribution in [3.8, 4) is 0 Å². The van der Waals surface area contributed by atoms with E-state index in [0.29, 0.717) is 33.0 Å². The van der Waals surface area contributed by atoms with Crippen LogP contribution in [0, 0.1) is 5.92 Å². The average Bonchev–Trinajstić information content (AvgIpc) is 3.06. The van der Waals surface area contributed by atoms with Crippen molar-refractivity contribution in [3.63, 3.8) is 0 Å². The van der Waals surface area contributed by atoms with Gasteiger partial charge in [0.25, 0.3) is 27.2 Å². The van der Waals surface area contributed by atoms with E-state index in [4.69, 9.17) is 14.2 Å². The Morgan fingerprint density at radius 3 is 1.45 bits per heavy atom. The topological polar surface area (TPSA) is 128 Å². The zero-order valence-electron chi connectivity index (χ0n) is 30.5. The Hall–Kier alpha value is -3.21. The highest BCUT2D eigenvalue weighted by Crippen LogP contribution is 2.44. The van der Waals surface area contributed by atoms with Crippen molar-refractivity contribution in [1.29, 1.82) is 0 Å². The number of carbonyl (C=O) groups excluding carboxylic acids is 2. The van der Waals surface area contributed by atoms with Gasteiger partial charge in [-0.1, -0.05) is 132 Å². The Balaban J connectivity index is 2.47. The van der Waals surface area contributed by atoms with Gasteiger partial charge < -0.3 is 19.5 Å². The lowest BCUT2D eigenvalue weighted by atomic mass is 9.90. The maximum absolute atomic E-state index is 14.8. The summed E-state index contributed by atoms with van der Waals surface area (Å²) < 4.78 is 138. The van der Waals surface area contributed by atoms with E-state index in [1.165, 1.54) is 36.4 Å². The number of rotatable bonds is 23. The van der Waals surface area contributed by atoms with Gasteiger partial charge in [0.05, 0.1) is 11.8 Å². The quantitative estimate of drug-likeness (QED) is 0.0498. The molecular weight excluding hydrogens is 732 g/mol. The first-order valence-corrected chi connectivity index (χ1v) is 19.2. The van der Waals surface area contributed by atoms with Crippen LogP contribution in [0.15, 0.2) is 60.7 Å². The number of unbranched alkanes of at least 4 members (excludes halogenated alkanes) is 8. The van der Waals surface area contributed by atoms with Crippen molar-refractivity contribution in [2.45, 2.75) is 120 Å². The fourth-order valence-corrected chi connectivity index (χ4v) is 7.00. The van der Waals surface area contributed by atoms with E-state index in [-0.39, 0.29) is 6.42 Å². The Morgan fingerprint density at radius 2 is 1.08 bits per heavy atom. The molecule has 2 aromatic rings.